The first kappa shape index (κ1) is 14.4. The van der Waals surface area contributed by atoms with Crippen LogP contribution in [0.15, 0.2) is 69.1 Å². The van der Waals surface area contributed by atoms with Crippen LogP contribution in [0.1, 0.15) is 10.4 Å². The normalized spacial score (nSPS) is 16.0. The number of hydrogen-bond acceptors (Lipinski definition) is 4. The summed E-state index contributed by atoms with van der Waals surface area (Å²) in [5.41, 5.74) is 1.12. The predicted octanol–water partition coefficient (Wildman–Crippen LogP) is 5.01. The molecule has 2 heterocycles. The molecule has 23 heavy (non-hydrogen) atoms. The first-order valence-electron chi connectivity index (χ1n) is 6.95. The van der Waals surface area contributed by atoms with E-state index in [-0.39, 0.29) is 0 Å². The van der Waals surface area contributed by atoms with Crippen LogP contribution in [0.5, 0.6) is 0 Å². The summed E-state index contributed by atoms with van der Waals surface area (Å²) in [5.74, 6) is -0.0692. The van der Waals surface area contributed by atoms with Crippen molar-refractivity contribution in [3.8, 4) is 0 Å². The molecular weight excluding hydrogens is 374 g/mol. The molecule has 0 spiro atoms. The zero-order valence-electron chi connectivity index (χ0n) is 11.8. The van der Waals surface area contributed by atoms with Crippen LogP contribution in [0.4, 0.5) is 0 Å². The highest BCUT2D eigenvalue weighted by Crippen LogP contribution is 2.26. The fourth-order valence-electron chi connectivity index (χ4n) is 2.39. The lowest BCUT2D eigenvalue weighted by molar-refractivity contribution is -0.129. The minimum absolute atomic E-state index is 0.322. The molecule has 0 saturated heterocycles. The second-order valence-corrected chi connectivity index (χ2v) is 6.92. The van der Waals surface area contributed by atoms with E-state index in [1.807, 2.05) is 53.9 Å². The van der Waals surface area contributed by atoms with Gasteiger partial charge in [0.15, 0.2) is 5.70 Å². The number of halogens is 1. The SMILES string of the molecule is O=C1OC(c2ccc3ccccc3c2)=N/C1=C\c1cc(Br)cs1. The van der Waals surface area contributed by atoms with E-state index < -0.39 is 5.97 Å². The molecule has 1 aliphatic heterocycles. The van der Waals surface area contributed by atoms with Crippen LogP contribution in [0, 0.1) is 0 Å². The van der Waals surface area contributed by atoms with Gasteiger partial charge in [-0.1, -0.05) is 30.3 Å². The molecule has 5 heteroatoms. The van der Waals surface area contributed by atoms with Gasteiger partial charge >= 0.3 is 5.97 Å². The first-order valence-corrected chi connectivity index (χ1v) is 8.62. The maximum absolute atomic E-state index is 12.0. The quantitative estimate of drug-likeness (QED) is 0.460. The topological polar surface area (TPSA) is 38.7 Å². The minimum atomic E-state index is -0.419. The second kappa shape index (κ2) is 5.76. The maximum Gasteiger partial charge on any atom is 0.363 e. The molecule has 0 unspecified atom stereocenters. The summed E-state index contributed by atoms with van der Waals surface area (Å²) in [4.78, 5) is 17.3. The number of fused-ring (bicyclic) bond motifs is 1. The molecule has 0 fully saturated rings. The molecule has 0 saturated carbocycles. The zero-order valence-corrected chi connectivity index (χ0v) is 14.2. The molecule has 0 aliphatic carbocycles. The number of aliphatic imine (C=N–C) groups is 1. The third-order valence-corrected chi connectivity index (χ3v) is 5.12. The minimum Gasteiger partial charge on any atom is -0.402 e. The van der Waals surface area contributed by atoms with Crippen molar-refractivity contribution in [3.63, 3.8) is 0 Å². The Morgan fingerprint density at radius 2 is 1.91 bits per heavy atom. The van der Waals surface area contributed by atoms with E-state index in [0.29, 0.717) is 11.6 Å². The molecule has 1 aliphatic rings. The van der Waals surface area contributed by atoms with Gasteiger partial charge in [0.1, 0.15) is 0 Å². The van der Waals surface area contributed by atoms with Crippen molar-refractivity contribution in [2.24, 2.45) is 4.99 Å². The summed E-state index contributed by atoms with van der Waals surface area (Å²) in [5, 5.41) is 4.18. The van der Waals surface area contributed by atoms with E-state index in [9.17, 15) is 4.79 Å². The Morgan fingerprint density at radius 3 is 2.70 bits per heavy atom. The van der Waals surface area contributed by atoms with Crippen molar-refractivity contribution in [2.75, 3.05) is 0 Å². The van der Waals surface area contributed by atoms with E-state index in [0.717, 1.165) is 25.7 Å². The third kappa shape index (κ3) is 2.85. The van der Waals surface area contributed by atoms with E-state index in [1.165, 1.54) is 11.3 Å². The number of benzene rings is 2. The van der Waals surface area contributed by atoms with Gasteiger partial charge in [-0.2, -0.15) is 0 Å². The Kier molecular flexibility index (Phi) is 3.59. The Morgan fingerprint density at radius 1 is 1.09 bits per heavy atom. The Balaban J connectivity index is 1.72. The Bertz CT molecular complexity index is 987. The molecule has 3 aromatic rings. The molecule has 0 atom stereocenters. The molecule has 0 amide bonds. The van der Waals surface area contributed by atoms with Crippen LogP contribution in [0.2, 0.25) is 0 Å². The number of carbonyl (C=O) groups is 1. The van der Waals surface area contributed by atoms with Crippen molar-refractivity contribution in [1.29, 1.82) is 0 Å². The Labute approximate surface area is 145 Å². The van der Waals surface area contributed by atoms with Crippen molar-refractivity contribution >= 4 is 56.0 Å². The summed E-state index contributed by atoms with van der Waals surface area (Å²) in [6.07, 6.45) is 1.74. The van der Waals surface area contributed by atoms with Gasteiger partial charge in [0.25, 0.3) is 0 Å². The number of thiophene rings is 1. The molecule has 4 rings (SSSR count). The van der Waals surface area contributed by atoms with Gasteiger partial charge in [-0.05, 0) is 51.0 Å². The molecule has 0 N–H and O–H groups in total. The number of cyclic esters (lactones) is 1. The van der Waals surface area contributed by atoms with Crippen molar-refractivity contribution < 1.29 is 9.53 Å². The summed E-state index contributed by atoms with van der Waals surface area (Å²) in [6, 6.07) is 15.9. The van der Waals surface area contributed by atoms with E-state index in [4.69, 9.17) is 4.74 Å². The number of ether oxygens (including phenoxy) is 1. The van der Waals surface area contributed by atoms with Gasteiger partial charge in [-0.15, -0.1) is 11.3 Å². The largest absolute Gasteiger partial charge is 0.402 e. The van der Waals surface area contributed by atoms with Gasteiger partial charge < -0.3 is 4.74 Å². The lowest BCUT2D eigenvalue weighted by Gasteiger charge is -2.02. The van der Waals surface area contributed by atoms with Crippen molar-refractivity contribution in [1.82, 2.24) is 0 Å². The van der Waals surface area contributed by atoms with Crippen LogP contribution >= 0.6 is 27.3 Å². The fourth-order valence-corrected chi connectivity index (χ4v) is 3.76. The maximum atomic E-state index is 12.0. The lowest BCUT2D eigenvalue weighted by Crippen LogP contribution is -2.05. The molecule has 0 bridgehead atoms. The summed E-state index contributed by atoms with van der Waals surface area (Å²) in [7, 11) is 0. The molecule has 0 radical (unpaired) electrons. The summed E-state index contributed by atoms with van der Waals surface area (Å²) >= 11 is 4.93. The smallest absolute Gasteiger partial charge is 0.363 e. The standard InChI is InChI=1S/C18H10BrNO2S/c19-14-8-15(23-10-14)9-16-18(21)22-17(20-16)13-6-5-11-3-1-2-4-12(11)7-13/h1-10H/b16-9-. The number of esters is 1. The van der Waals surface area contributed by atoms with Gasteiger partial charge in [0, 0.05) is 20.3 Å². The van der Waals surface area contributed by atoms with Crippen LogP contribution in [-0.2, 0) is 9.53 Å². The highest BCUT2D eigenvalue weighted by Gasteiger charge is 2.24. The van der Waals surface area contributed by atoms with Gasteiger partial charge in [0.05, 0.1) is 0 Å². The number of rotatable bonds is 2. The van der Waals surface area contributed by atoms with Crippen molar-refractivity contribution in [3.05, 3.63) is 74.5 Å². The van der Waals surface area contributed by atoms with Crippen molar-refractivity contribution in [2.45, 2.75) is 0 Å². The Hall–Kier alpha value is -2.24. The average molecular weight is 384 g/mol. The average Bonchev–Trinajstić information content (AvgIpc) is 3.13. The van der Waals surface area contributed by atoms with Gasteiger partial charge in [-0.25, -0.2) is 9.79 Å². The first-order chi connectivity index (χ1) is 11.2. The predicted molar refractivity (Wildman–Crippen MR) is 96.6 cm³/mol. The molecule has 1 aromatic heterocycles. The van der Waals surface area contributed by atoms with E-state index in [2.05, 4.69) is 20.9 Å². The van der Waals surface area contributed by atoms with Crippen LogP contribution in [0.25, 0.3) is 16.8 Å². The number of nitrogens with zero attached hydrogens (tertiary/aromatic N) is 1. The van der Waals surface area contributed by atoms with Gasteiger partial charge in [0.2, 0.25) is 5.90 Å². The van der Waals surface area contributed by atoms with Gasteiger partial charge in [-0.3, -0.25) is 0 Å². The molecule has 2 aromatic carbocycles. The number of hydrogen-bond donors (Lipinski definition) is 0. The molecule has 112 valence electrons. The molecule has 3 nitrogen and oxygen atoms in total. The van der Waals surface area contributed by atoms with E-state index >= 15 is 0 Å². The second-order valence-electron chi connectivity index (χ2n) is 5.07. The fraction of sp³-hybridized carbons (Fsp3) is 0. The van der Waals surface area contributed by atoms with E-state index in [1.54, 1.807) is 6.08 Å². The summed E-state index contributed by atoms with van der Waals surface area (Å²) in [6.45, 7) is 0. The van der Waals surface area contributed by atoms with Crippen LogP contribution in [0.3, 0.4) is 0 Å². The lowest BCUT2D eigenvalue weighted by atomic mass is 10.1. The monoisotopic (exact) mass is 383 g/mol. The highest BCUT2D eigenvalue weighted by molar-refractivity contribution is 9.10. The van der Waals surface area contributed by atoms with Crippen LogP contribution < -0.4 is 0 Å². The number of carbonyl (C=O) groups excluding carboxylic acids is 1. The summed E-state index contributed by atoms with van der Waals surface area (Å²) < 4.78 is 6.31. The van der Waals surface area contributed by atoms with Crippen LogP contribution in [-0.4, -0.2) is 11.9 Å². The zero-order chi connectivity index (χ0) is 15.8. The molecular formula is C18H10BrNO2S. The third-order valence-electron chi connectivity index (χ3n) is 3.48. The highest BCUT2D eigenvalue weighted by atomic mass is 79.9.